The maximum Gasteiger partial charge on any atom is 0.337 e. The predicted octanol–water partition coefficient (Wildman–Crippen LogP) is 3.30. The van der Waals surface area contributed by atoms with Crippen molar-refractivity contribution in [2.45, 2.75) is 38.5 Å². The summed E-state index contributed by atoms with van der Waals surface area (Å²) in [6, 6.07) is 16.5. The van der Waals surface area contributed by atoms with E-state index in [4.69, 9.17) is 9.47 Å². The molecule has 0 spiro atoms. The standard InChI is InChI=1S/C31H37N5O6/c1-19-26(29(38)41-3)28(27(20(2)32-19)30(39)42-4)23-11-8-12-24(17-23)33-31(40)35-34-25(37)18-36-15-13-22(14-16-36)21-9-6-5-7-10-21/h5-12,17,22,28,32H,13-16,18H2,1-4H3,(H,34,37)(H2,33,35,40). The summed E-state index contributed by atoms with van der Waals surface area (Å²) in [5, 5.41) is 5.74. The molecule has 1 saturated heterocycles. The number of piperidine rings is 1. The number of anilines is 1. The molecular weight excluding hydrogens is 538 g/mol. The van der Waals surface area contributed by atoms with Crippen molar-refractivity contribution in [3.8, 4) is 0 Å². The van der Waals surface area contributed by atoms with Gasteiger partial charge in [-0.1, -0.05) is 42.5 Å². The minimum atomic E-state index is -0.790. The number of rotatable bonds is 7. The molecule has 0 saturated carbocycles. The van der Waals surface area contributed by atoms with E-state index in [1.807, 2.05) is 18.2 Å². The largest absolute Gasteiger partial charge is 0.466 e. The number of carbonyl (C=O) groups is 4. The summed E-state index contributed by atoms with van der Waals surface area (Å²) in [6.45, 7) is 5.22. The fraction of sp³-hybridized carbons (Fsp3) is 0.355. The molecule has 2 aromatic carbocycles. The van der Waals surface area contributed by atoms with Gasteiger partial charge in [-0.25, -0.2) is 19.8 Å². The Balaban J connectivity index is 1.36. The van der Waals surface area contributed by atoms with Crippen molar-refractivity contribution in [3.63, 3.8) is 0 Å². The van der Waals surface area contributed by atoms with Crippen LogP contribution in [0.5, 0.6) is 0 Å². The predicted molar refractivity (Wildman–Crippen MR) is 157 cm³/mol. The lowest BCUT2D eigenvalue weighted by Gasteiger charge is -2.31. The molecule has 0 radical (unpaired) electrons. The zero-order chi connectivity index (χ0) is 30.2. The number of esters is 2. The van der Waals surface area contributed by atoms with Crippen molar-refractivity contribution in [1.29, 1.82) is 0 Å². The Kier molecular flexibility index (Phi) is 9.98. The van der Waals surface area contributed by atoms with Gasteiger partial charge in [-0.3, -0.25) is 15.1 Å². The Hall–Kier alpha value is -4.64. The van der Waals surface area contributed by atoms with E-state index in [0.29, 0.717) is 28.6 Å². The van der Waals surface area contributed by atoms with Crippen LogP contribution in [-0.2, 0) is 23.9 Å². The topological polar surface area (TPSA) is 138 Å². The minimum absolute atomic E-state index is 0.178. The number of allylic oxidation sites excluding steroid dienone is 2. The van der Waals surface area contributed by atoms with E-state index in [-0.39, 0.29) is 23.6 Å². The number of benzene rings is 2. The van der Waals surface area contributed by atoms with Gasteiger partial charge in [-0.2, -0.15) is 0 Å². The number of carbonyl (C=O) groups excluding carboxylic acids is 4. The van der Waals surface area contributed by atoms with Gasteiger partial charge < -0.3 is 20.1 Å². The number of urea groups is 1. The quantitative estimate of drug-likeness (QED) is 0.292. The molecule has 0 aromatic heterocycles. The summed E-state index contributed by atoms with van der Waals surface area (Å²) >= 11 is 0. The van der Waals surface area contributed by atoms with Crippen LogP contribution in [0, 0.1) is 0 Å². The lowest BCUT2D eigenvalue weighted by Crippen LogP contribution is -2.48. The fourth-order valence-electron chi connectivity index (χ4n) is 5.57. The third kappa shape index (κ3) is 7.16. The van der Waals surface area contributed by atoms with Gasteiger partial charge in [-0.05, 0) is 69.0 Å². The zero-order valence-electron chi connectivity index (χ0n) is 24.3. The first-order valence-electron chi connectivity index (χ1n) is 13.8. The number of amides is 3. The summed E-state index contributed by atoms with van der Waals surface area (Å²) in [4.78, 5) is 52.7. The van der Waals surface area contributed by atoms with Crippen molar-refractivity contribution in [2.24, 2.45) is 0 Å². The van der Waals surface area contributed by atoms with Crippen molar-refractivity contribution >= 4 is 29.6 Å². The molecule has 222 valence electrons. The van der Waals surface area contributed by atoms with Crippen LogP contribution in [0.15, 0.2) is 77.1 Å². The fourth-order valence-corrected chi connectivity index (χ4v) is 5.57. The average molecular weight is 576 g/mol. The number of hydrogen-bond acceptors (Lipinski definition) is 8. The van der Waals surface area contributed by atoms with E-state index in [1.165, 1.54) is 19.8 Å². The summed E-state index contributed by atoms with van der Waals surface area (Å²) < 4.78 is 10.0. The third-order valence-corrected chi connectivity index (χ3v) is 7.59. The van der Waals surface area contributed by atoms with Crippen LogP contribution < -0.4 is 21.5 Å². The molecule has 2 aliphatic heterocycles. The van der Waals surface area contributed by atoms with Gasteiger partial charge in [-0.15, -0.1) is 0 Å². The van der Waals surface area contributed by atoms with E-state index >= 15 is 0 Å². The van der Waals surface area contributed by atoms with Crippen LogP contribution in [-0.4, -0.2) is 62.6 Å². The van der Waals surface area contributed by atoms with Gasteiger partial charge >= 0.3 is 18.0 Å². The number of likely N-dealkylation sites (tertiary alicyclic amines) is 1. The number of nitrogens with zero attached hydrogens (tertiary/aromatic N) is 1. The smallest absolute Gasteiger partial charge is 0.337 e. The Morgan fingerprint density at radius 3 is 2.02 bits per heavy atom. The summed E-state index contributed by atoms with van der Waals surface area (Å²) in [5.74, 6) is -1.81. The van der Waals surface area contributed by atoms with Crippen molar-refractivity contribution in [2.75, 3.05) is 39.2 Å². The lowest BCUT2D eigenvalue weighted by molar-refractivity contribution is -0.137. The first-order valence-corrected chi connectivity index (χ1v) is 13.8. The van der Waals surface area contributed by atoms with Gasteiger partial charge in [0.15, 0.2) is 0 Å². The highest BCUT2D eigenvalue weighted by Gasteiger charge is 2.37. The number of methoxy groups -OCH3 is 2. The van der Waals surface area contributed by atoms with E-state index in [9.17, 15) is 19.2 Å². The zero-order valence-corrected chi connectivity index (χ0v) is 24.3. The Labute approximate surface area is 245 Å². The second-order valence-corrected chi connectivity index (χ2v) is 10.3. The van der Waals surface area contributed by atoms with E-state index in [1.54, 1.807) is 38.1 Å². The highest BCUT2D eigenvalue weighted by Crippen LogP contribution is 2.39. The molecule has 11 heteroatoms. The van der Waals surface area contributed by atoms with Gasteiger partial charge in [0.25, 0.3) is 5.91 Å². The van der Waals surface area contributed by atoms with Crippen molar-refractivity contribution in [3.05, 3.63) is 88.3 Å². The monoisotopic (exact) mass is 575 g/mol. The molecule has 1 fully saturated rings. The van der Waals surface area contributed by atoms with Gasteiger partial charge in [0.2, 0.25) is 0 Å². The molecule has 0 unspecified atom stereocenters. The highest BCUT2D eigenvalue weighted by atomic mass is 16.5. The molecule has 42 heavy (non-hydrogen) atoms. The number of hydrazine groups is 1. The van der Waals surface area contributed by atoms with E-state index in [2.05, 4.69) is 38.5 Å². The molecular formula is C31H37N5O6. The van der Waals surface area contributed by atoms with Crippen LogP contribution in [0.1, 0.15) is 49.7 Å². The molecule has 0 aliphatic carbocycles. The first-order chi connectivity index (χ1) is 20.2. The molecule has 2 aromatic rings. The van der Waals surface area contributed by atoms with Crippen LogP contribution in [0.2, 0.25) is 0 Å². The summed E-state index contributed by atoms with van der Waals surface area (Å²) in [5.41, 5.74) is 8.72. The maximum atomic E-state index is 12.7. The SMILES string of the molecule is COC(=O)C1=C(C)NC(C)=C(C(=O)OC)C1c1cccc(NC(=O)NNC(=O)CN2CCC(c3ccccc3)CC2)c1. The highest BCUT2D eigenvalue weighted by molar-refractivity contribution is 6.00. The minimum Gasteiger partial charge on any atom is -0.466 e. The Morgan fingerprint density at radius 1 is 0.833 bits per heavy atom. The molecule has 2 heterocycles. The molecule has 11 nitrogen and oxygen atoms in total. The van der Waals surface area contributed by atoms with Crippen LogP contribution in [0.4, 0.5) is 10.5 Å². The first kappa shape index (κ1) is 30.3. The van der Waals surface area contributed by atoms with Gasteiger partial charge in [0, 0.05) is 17.1 Å². The lowest BCUT2D eigenvalue weighted by atomic mass is 9.80. The molecule has 3 amide bonds. The van der Waals surface area contributed by atoms with Gasteiger partial charge in [0.1, 0.15) is 0 Å². The van der Waals surface area contributed by atoms with Crippen molar-refractivity contribution in [1.82, 2.24) is 21.1 Å². The van der Waals surface area contributed by atoms with Crippen molar-refractivity contribution < 1.29 is 28.7 Å². The number of ether oxygens (including phenoxy) is 2. The van der Waals surface area contributed by atoms with Crippen LogP contribution >= 0.6 is 0 Å². The number of dihydropyridines is 1. The summed E-state index contributed by atoms with van der Waals surface area (Å²) in [6.07, 6.45) is 1.94. The Morgan fingerprint density at radius 2 is 1.43 bits per heavy atom. The normalized spacial score (nSPS) is 16.4. The maximum absolute atomic E-state index is 12.7. The van der Waals surface area contributed by atoms with Gasteiger partial charge in [0.05, 0.1) is 37.8 Å². The van der Waals surface area contributed by atoms with E-state index < -0.39 is 23.9 Å². The molecule has 4 rings (SSSR count). The number of nitrogens with one attached hydrogen (secondary N) is 4. The van der Waals surface area contributed by atoms with Crippen LogP contribution in [0.25, 0.3) is 0 Å². The molecule has 0 atom stereocenters. The number of hydrogen-bond donors (Lipinski definition) is 4. The van der Waals surface area contributed by atoms with Crippen LogP contribution in [0.3, 0.4) is 0 Å². The summed E-state index contributed by atoms with van der Waals surface area (Å²) in [7, 11) is 2.54. The molecule has 2 aliphatic rings. The molecule has 0 bridgehead atoms. The second kappa shape index (κ2) is 13.8. The molecule has 4 N–H and O–H groups in total. The average Bonchev–Trinajstić information content (AvgIpc) is 3.00. The third-order valence-electron chi connectivity index (χ3n) is 7.59. The second-order valence-electron chi connectivity index (χ2n) is 10.3. The Bertz CT molecular complexity index is 1360. The van der Waals surface area contributed by atoms with E-state index in [0.717, 1.165) is 25.9 Å².